The van der Waals surface area contributed by atoms with E-state index in [0.717, 1.165) is 12.8 Å². The van der Waals surface area contributed by atoms with Crippen molar-refractivity contribution in [3.8, 4) is 0 Å². The second-order valence-electron chi connectivity index (χ2n) is 7.17. The number of carboxylic acid groups (broad SMARTS) is 1. The number of fused-ring (bicyclic) bond motifs is 2. The summed E-state index contributed by atoms with van der Waals surface area (Å²) in [6, 6.07) is 0. The second kappa shape index (κ2) is 6.71. The van der Waals surface area contributed by atoms with E-state index < -0.39 is 29.9 Å². The summed E-state index contributed by atoms with van der Waals surface area (Å²) in [5, 5.41) is 8.72. The summed E-state index contributed by atoms with van der Waals surface area (Å²) in [5.41, 5.74) is 0. The summed E-state index contributed by atoms with van der Waals surface area (Å²) in [7, 11) is 0. The smallest absolute Gasteiger partial charge is 0.378 e. The lowest BCUT2D eigenvalue weighted by Gasteiger charge is -2.31. The summed E-state index contributed by atoms with van der Waals surface area (Å²) in [6.07, 6.45) is -0.512. The average molecular weight is 334 g/mol. The van der Waals surface area contributed by atoms with Gasteiger partial charge in [-0.2, -0.15) is 8.78 Å². The fraction of sp³-hybridized carbons (Fsp3) is 0.875. The Bertz CT molecular complexity index is 463. The van der Waals surface area contributed by atoms with E-state index in [0.29, 0.717) is 5.92 Å². The zero-order valence-electron chi connectivity index (χ0n) is 13.6. The van der Waals surface area contributed by atoms with Crippen LogP contribution < -0.4 is 0 Å². The van der Waals surface area contributed by atoms with Gasteiger partial charge in [0.05, 0.1) is 18.6 Å². The lowest BCUT2D eigenvalue weighted by Crippen LogP contribution is -2.47. The molecule has 1 saturated heterocycles. The fourth-order valence-corrected chi connectivity index (χ4v) is 3.50. The standard InChI is InChI=1S/C16H24F2O5/c1-8(2)4-13(16(17,18)15(20)21)23-14(19)11-7-22-12-6-10(11)5-9(12)3/h8-13H,4-7H2,1-3H3,(H,20,21). The SMILES string of the molecule is CC(C)CC(OC(=O)C1COC2CC1CC2C)C(F)(F)C(=O)O. The number of aliphatic carboxylic acids is 1. The molecule has 23 heavy (non-hydrogen) atoms. The van der Waals surface area contributed by atoms with Gasteiger partial charge in [-0.15, -0.1) is 0 Å². The van der Waals surface area contributed by atoms with Crippen LogP contribution in [0, 0.1) is 23.7 Å². The molecule has 0 aromatic carbocycles. The Hall–Kier alpha value is -1.24. The van der Waals surface area contributed by atoms with E-state index in [-0.39, 0.29) is 31.0 Å². The molecule has 0 aromatic rings. The molecule has 2 bridgehead atoms. The first-order valence-corrected chi connectivity index (χ1v) is 8.06. The first-order valence-electron chi connectivity index (χ1n) is 8.06. The van der Waals surface area contributed by atoms with Gasteiger partial charge in [0, 0.05) is 0 Å². The van der Waals surface area contributed by atoms with Crippen molar-refractivity contribution in [1.29, 1.82) is 0 Å². The van der Waals surface area contributed by atoms with Gasteiger partial charge in [0.25, 0.3) is 0 Å². The highest BCUT2D eigenvalue weighted by Gasteiger charge is 2.52. The number of hydrogen-bond donors (Lipinski definition) is 1. The molecule has 0 aromatic heterocycles. The van der Waals surface area contributed by atoms with Crippen molar-refractivity contribution in [2.24, 2.45) is 23.7 Å². The largest absolute Gasteiger partial charge is 0.477 e. The van der Waals surface area contributed by atoms with Gasteiger partial charge in [0.2, 0.25) is 0 Å². The first-order chi connectivity index (χ1) is 10.6. The minimum atomic E-state index is -4.10. The maximum absolute atomic E-state index is 13.8. The Balaban J connectivity index is 2.07. The van der Waals surface area contributed by atoms with E-state index in [4.69, 9.17) is 14.6 Å². The van der Waals surface area contributed by atoms with Gasteiger partial charge >= 0.3 is 17.9 Å². The Morgan fingerprint density at radius 3 is 2.57 bits per heavy atom. The van der Waals surface area contributed by atoms with E-state index in [1.807, 2.05) is 6.92 Å². The molecule has 1 aliphatic carbocycles. The molecule has 0 amide bonds. The van der Waals surface area contributed by atoms with Crippen molar-refractivity contribution in [1.82, 2.24) is 0 Å². The van der Waals surface area contributed by atoms with Crippen molar-refractivity contribution < 1.29 is 33.0 Å². The molecule has 1 saturated carbocycles. The van der Waals surface area contributed by atoms with Crippen molar-refractivity contribution >= 4 is 11.9 Å². The summed E-state index contributed by atoms with van der Waals surface area (Å²) in [5.74, 6) is -7.55. The number of carboxylic acids is 1. The zero-order valence-corrected chi connectivity index (χ0v) is 13.6. The van der Waals surface area contributed by atoms with Crippen LogP contribution in [0.5, 0.6) is 0 Å². The highest BCUT2D eigenvalue weighted by atomic mass is 19.3. The molecule has 5 atom stereocenters. The lowest BCUT2D eigenvalue weighted by atomic mass is 9.89. The Labute approximate surface area is 134 Å². The van der Waals surface area contributed by atoms with Crippen LogP contribution in [-0.4, -0.2) is 41.8 Å². The third-order valence-corrected chi connectivity index (χ3v) is 4.84. The van der Waals surface area contributed by atoms with Gasteiger partial charge < -0.3 is 14.6 Å². The third-order valence-electron chi connectivity index (χ3n) is 4.84. The van der Waals surface area contributed by atoms with E-state index >= 15 is 0 Å². The number of carbonyl (C=O) groups is 2. The zero-order chi connectivity index (χ0) is 17.4. The van der Waals surface area contributed by atoms with Crippen LogP contribution in [-0.2, 0) is 19.1 Å². The van der Waals surface area contributed by atoms with Crippen molar-refractivity contribution in [3.63, 3.8) is 0 Å². The number of ether oxygens (including phenoxy) is 2. The molecule has 1 aliphatic heterocycles. The third kappa shape index (κ3) is 3.82. The van der Waals surface area contributed by atoms with Crippen LogP contribution in [0.1, 0.15) is 40.0 Å². The molecule has 5 unspecified atom stereocenters. The lowest BCUT2D eigenvalue weighted by molar-refractivity contribution is -0.200. The molecular formula is C16H24F2O5. The average Bonchev–Trinajstić information content (AvgIpc) is 2.72. The van der Waals surface area contributed by atoms with Crippen LogP contribution in [0.2, 0.25) is 0 Å². The molecule has 2 rings (SSSR count). The number of halogens is 2. The van der Waals surface area contributed by atoms with Crippen molar-refractivity contribution in [2.75, 3.05) is 6.61 Å². The van der Waals surface area contributed by atoms with Crippen LogP contribution in [0.4, 0.5) is 8.78 Å². The Morgan fingerprint density at radius 1 is 1.35 bits per heavy atom. The predicted molar refractivity (Wildman–Crippen MR) is 77.0 cm³/mol. The van der Waals surface area contributed by atoms with Gasteiger partial charge in [-0.3, -0.25) is 4.79 Å². The van der Waals surface area contributed by atoms with Gasteiger partial charge in [-0.1, -0.05) is 20.8 Å². The summed E-state index contributed by atoms with van der Waals surface area (Å²) in [6.45, 7) is 5.54. The van der Waals surface area contributed by atoms with Gasteiger partial charge in [-0.25, -0.2) is 4.79 Å². The predicted octanol–water partition coefficient (Wildman–Crippen LogP) is 2.73. The molecule has 0 radical (unpaired) electrons. The van der Waals surface area contributed by atoms with Crippen LogP contribution >= 0.6 is 0 Å². The summed E-state index contributed by atoms with van der Waals surface area (Å²) >= 11 is 0. The fourth-order valence-electron chi connectivity index (χ4n) is 3.50. The van der Waals surface area contributed by atoms with Crippen molar-refractivity contribution in [2.45, 2.75) is 58.2 Å². The second-order valence-corrected chi connectivity index (χ2v) is 7.17. The molecule has 1 heterocycles. The number of rotatable bonds is 6. The van der Waals surface area contributed by atoms with E-state index in [1.54, 1.807) is 13.8 Å². The van der Waals surface area contributed by atoms with Crippen LogP contribution in [0.15, 0.2) is 0 Å². The summed E-state index contributed by atoms with van der Waals surface area (Å²) in [4.78, 5) is 23.1. The van der Waals surface area contributed by atoms with Crippen LogP contribution in [0.25, 0.3) is 0 Å². The Kier molecular flexibility index (Phi) is 5.28. The number of carbonyl (C=O) groups excluding carboxylic acids is 1. The monoisotopic (exact) mass is 334 g/mol. The minimum absolute atomic E-state index is 0.0643. The molecular weight excluding hydrogens is 310 g/mol. The first kappa shape index (κ1) is 18.1. The normalized spacial score (nSPS) is 31.9. The molecule has 2 aliphatic rings. The number of hydrogen-bond acceptors (Lipinski definition) is 4. The minimum Gasteiger partial charge on any atom is -0.477 e. The molecule has 5 nitrogen and oxygen atoms in total. The van der Waals surface area contributed by atoms with E-state index in [2.05, 4.69) is 0 Å². The quantitative estimate of drug-likeness (QED) is 0.756. The van der Waals surface area contributed by atoms with Gasteiger partial charge in [0.1, 0.15) is 0 Å². The van der Waals surface area contributed by atoms with E-state index in [9.17, 15) is 18.4 Å². The molecule has 2 fully saturated rings. The van der Waals surface area contributed by atoms with Crippen molar-refractivity contribution in [3.05, 3.63) is 0 Å². The summed E-state index contributed by atoms with van der Waals surface area (Å²) < 4.78 is 38.2. The topological polar surface area (TPSA) is 72.8 Å². The van der Waals surface area contributed by atoms with Gasteiger partial charge in [0.15, 0.2) is 6.10 Å². The Morgan fingerprint density at radius 2 is 2.00 bits per heavy atom. The molecule has 1 N–H and O–H groups in total. The van der Waals surface area contributed by atoms with Gasteiger partial charge in [-0.05, 0) is 37.0 Å². The highest BCUT2D eigenvalue weighted by Crippen LogP contribution is 2.43. The maximum Gasteiger partial charge on any atom is 0.378 e. The molecule has 0 spiro atoms. The van der Waals surface area contributed by atoms with E-state index in [1.165, 1.54) is 0 Å². The molecule has 132 valence electrons. The highest BCUT2D eigenvalue weighted by molar-refractivity contribution is 5.78. The maximum atomic E-state index is 13.8. The number of alkyl halides is 2. The number of esters is 1. The van der Waals surface area contributed by atoms with Crippen LogP contribution in [0.3, 0.4) is 0 Å². The molecule has 7 heteroatoms.